The van der Waals surface area contributed by atoms with Gasteiger partial charge in [-0.05, 0) is 41.5 Å². The minimum Gasteiger partial charge on any atom is -0.496 e. The van der Waals surface area contributed by atoms with Gasteiger partial charge in [0.15, 0.2) is 5.78 Å². The van der Waals surface area contributed by atoms with Gasteiger partial charge in [0, 0.05) is 11.6 Å². The molecule has 0 fully saturated rings. The van der Waals surface area contributed by atoms with E-state index in [-0.39, 0.29) is 5.78 Å². The lowest BCUT2D eigenvalue weighted by atomic mass is 10.1. The van der Waals surface area contributed by atoms with Gasteiger partial charge in [-0.3, -0.25) is 4.79 Å². The minimum absolute atomic E-state index is 0.163. The maximum atomic E-state index is 13.1. The highest BCUT2D eigenvalue weighted by molar-refractivity contribution is 6.08. The Balaban J connectivity index is 1.56. The van der Waals surface area contributed by atoms with E-state index < -0.39 is 0 Å². The summed E-state index contributed by atoms with van der Waals surface area (Å²) in [7, 11) is 1.61. The first kappa shape index (κ1) is 22.9. The first-order valence-corrected chi connectivity index (χ1v) is 11.1. The van der Waals surface area contributed by atoms with Crippen LogP contribution in [0.1, 0.15) is 27.0 Å². The molecule has 0 saturated carbocycles. The van der Waals surface area contributed by atoms with Gasteiger partial charge in [0.2, 0.25) is 0 Å². The highest BCUT2D eigenvalue weighted by Crippen LogP contribution is 2.28. The van der Waals surface area contributed by atoms with E-state index in [1.807, 2.05) is 84.9 Å². The quantitative estimate of drug-likeness (QED) is 0.198. The van der Waals surface area contributed by atoms with E-state index in [1.54, 1.807) is 31.4 Å². The van der Waals surface area contributed by atoms with Crippen molar-refractivity contribution in [2.24, 2.45) is 0 Å². The molecule has 0 aliphatic carbocycles. The molecule has 4 nitrogen and oxygen atoms in total. The van der Waals surface area contributed by atoms with Gasteiger partial charge >= 0.3 is 0 Å². The second kappa shape index (κ2) is 11.5. The van der Waals surface area contributed by atoms with E-state index in [2.05, 4.69) is 0 Å². The number of carbonyl (C=O) groups excluding carboxylic acids is 1. The summed E-state index contributed by atoms with van der Waals surface area (Å²) >= 11 is 0. The maximum Gasteiger partial charge on any atom is 0.189 e. The van der Waals surface area contributed by atoms with E-state index in [9.17, 15) is 4.79 Å². The average molecular weight is 451 g/mol. The molecule has 0 unspecified atom stereocenters. The Morgan fingerprint density at radius 1 is 0.706 bits per heavy atom. The average Bonchev–Trinajstić information content (AvgIpc) is 2.90. The Kier molecular flexibility index (Phi) is 7.75. The van der Waals surface area contributed by atoms with Crippen LogP contribution in [-0.4, -0.2) is 12.9 Å². The molecule has 0 aliphatic heterocycles. The highest BCUT2D eigenvalue weighted by atomic mass is 16.5. The Bertz CT molecular complexity index is 1250. The van der Waals surface area contributed by atoms with Crippen LogP contribution in [-0.2, 0) is 13.2 Å². The topological polar surface area (TPSA) is 44.8 Å². The summed E-state index contributed by atoms with van der Waals surface area (Å²) in [4.78, 5) is 13.1. The lowest BCUT2D eigenvalue weighted by Gasteiger charge is -2.13. The van der Waals surface area contributed by atoms with Crippen molar-refractivity contribution >= 4 is 11.9 Å². The van der Waals surface area contributed by atoms with Gasteiger partial charge in [-0.15, -0.1) is 0 Å². The summed E-state index contributed by atoms with van der Waals surface area (Å²) in [5.74, 6) is 1.65. The number of benzene rings is 4. The number of rotatable bonds is 10. The third-order valence-corrected chi connectivity index (χ3v) is 5.26. The van der Waals surface area contributed by atoms with Crippen LogP contribution in [0.25, 0.3) is 6.08 Å². The second-order valence-electron chi connectivity index (χ2n) is 7.65. The number of carbonyl (C=O) groups is 1. The highest BCUT2D eigenvalue weighted by Gasteiger charge is 2.13. The lowest BCUT2D eigenvalue weighted by Crippen LogP contribution is -2.04. The van der Waals surface area contributed by atoms with Gasteiger partial charge in [-0.1, -0.05) is 78.9 Å². The Morgan fingerprint density at radius 2 is 1.32 bits per heavy atom. The lowest BCUT2D eigenvalue weighted by molar-refractivity contribution is 0.104. The smallest absolute Gasteiger partial charge is 0.189 e. The fraction of sp³-hybridized carbons (Fsp3) is 0.100. The summed E-state index contributed by atoms with van der Waals surface area (Å²) < 4.78 is 17.4. The largest absolute Gasteiger partial charge is 0.496 e. The minimum atomic E-state index is -0.163. The summed E-state index contributed by atoms with van der Waals surface area (Å²) in [6.07, 6.45) is 3.29. The van der Waals surface area contributed by atoms with Crippen molar-refractivity contribution in [3.63, 3.8) is 0 Å². The Hall–Kier alpha value is -4.31. The van der Waals surface area contributed by atoms with Crippen LogP contribution in [0.4, 0.5) is 0 Å². The molecule has 4 aromatic carbocycles. The molecule has 34 heavy (non-hydrogen) atoms. The fourth-order valence-corrected chi connectivity index (χ4v) is 3.45. The molecule has 0 amide bonds. The van der Waals surface area contributed by atoms with Crippen molar-refractivity contribution in [3.8, 4) is 17.2 Å². The van der Waals surface area contributed by atoms with Crippen LogP contribution in [0.15, 0.2) is 109 Å². The molecule has 4 aromatic rings. The van der Waals surface area contributed by atoms with Crippen LogP contribution < -0.4 is 14.2 Å². The summed E-state index contributed by atoms with van der Waals surface area (Å²) in [6, 6.07) is 32.6. The van der Waals surface area contributed by atoms with E-state index in [1.165, 1.54) is 6.08 Å². The number of ether oxygens (including phenoxy) is 3. The summed E-state index contributed by atoms with van der Waals surface area (Å²) in [5.41, 5.74) is 3.37. The van der Waals surface area contributed by atoms with Crippen LogP contribution in [0.2, 0.25) is 0 Å². The molecule has 4 rings (SSSR count). The van der Waals surface area contributed by atoms with Crippen LogP contribution in [0.3, 0.4) is 0 Å². The van der Waals surface area contributed by atoms with E-state index >= 15 is 0 Å². The monoisotopic (exact) mass is 450 g/mol. The molecular weight excluding hydrogens is 424 g/mol. The SMILES string of the molecule is COc1ccccc1/C=C/C(=O)c1ccc(OCc2ccccc2)cc1OCc1ccccc1. The van der Waals surface area contributed by atoms with Crippen molar-refractivity contribution in [1.82, 2.24) is 0 Å². The second-order valence-corrected chi connectivity index (χ2v) is 7.65. The van der Waals surface area contributed by atoms with Gasteiger partial charge in [-0.25, -0.2) is 0 Å². The molecule has 170 valence electrons. The van der Waals surface area contributed by atoms with E-state index in [0.29, 0.717) is 36.0 Å². The van der Waals surface area contributed by atoms with Crippen molar-refractivity contribution in [2.75, 3.05) is 7.11 Å². The maximum absolute atomic E-state index is 13.1. The molecule has 0 radical (unpaired) electrons. The normalized spacial score (nSPS) is 10.7. The summed E-state index contributed by atoms with van der Waals surface area (Å²) in [6.45, 7) is 0.777. The zero-order valence-electron chi connectivity index (χ0n) is 19.0. The Morgan fingerprint density at radius 3 is 2.00 bits per heavy atom. The fourth-order valence-electron chi connectivity index (χ4n) is 3.45. The molecule has 0 aliphatic rings. The molecule has 4 heteroatoms. The molecule has 0 aromatic heterocycles. The molecule has 0 atom stereocenters. The predicted octanol–water partition coefficient (Wildman–Crippen LogP) is 6.75. The zero-order valence-corrected chi connectivity index (χ0v) is 19.0. The number of hydrogen-bond acceptors (Lipinski definition) is 4. The predicted molar refractivity (Wildman–Crippen MR) is 134 cm³/mol. The number of methoxy groups -OCH3 is 1. The van der Waals surface area contributed by atoms with Gasteiger partial charge in [0.05, 0.1) is 12.7 Å². The standard InChI is InChI=1S/C30H26O4/c1-32-29-15-9-8-14-25(29)16-19-28(31)27-18-17-26(33-21-23-10-4-2-5-11-23)20-30(27)34-22-24-12-6-3-7-13-24/h2-20H,21-22H2,1H3/b19-16+. The number of hydrogen-bond donors (Lipinski definition) is 0. The van der Waals surface area contributed by atoms with Crippen LogP contribution in [0, 0.1) is 0 Å². The van der Waals surface area contributed by atoms with Crippen LogP contribution in [0.5, 0.6) is 17.2 Å². The van der Waals surface area contributed by atoms with E-state index in [4.69, 9.17) is 14.2 Å². The van der Waals surface area contributed by atoms with Crippen LogP contribution >= 0.6 is 0 Å². The van der Waals surface area contributed by atoms with Gasteiger partial charge < -0.3 is 14.2 Å². The van der Waals surface area contributed by atoms with E-state index in [0.717, 1.165) is 16.7 Å². The van der Waals surface area contributed by atoms with Crippen molar-refractivity contribution in [3.05, 3.63) is 131 Å². The first-order chi connectivity index (χ1) is 16.7. The third-order valence-electron chi connectivity index (χ3n) is 5.26. The summed E-state index contributed by atoms with van der Waals surface area (Å²) in [5, 5.41) is 0. The van der Waals surface area contributed by atoms with Gasteiger partial charge in [-0.2, -0.15) is 0 Å². The molecule has 0 saturated heterocycles. The molecular formula is C30H26O4. The van der Waals surface area contributed by atoms with Crippen molar-refractivity contribution in [1.29, 1.82) is 0 Å². The molecule has 0 bridgehead atoms. The molecule has 0 N–H and O–H groups in total. The molecule has 0 spiro atoms. The number of para-hydroxylation sites is 1. The molecule has 0 heterocycles. The van der Waals surface area contributed by atoms with Crippen molar-refractivity contribution < 1.29 is 19.0 Å². The Labute approximate surface area is 200 Å². The van der Waals surface area contributed by atoms with Crippen molar-refractivity contribution in [2.45, 2.75) is 13.2 Å². The number of allylic oxidation sites excluding steroid dienone is 1. The van der Waals surface area contributed by atoms with Gasteiger partial charge in [0.1, 0.15) is 30.5 Å². The third kappa shape index (κ3) is 6.14. The zero-order chi connectivity index (χ0) is 23.6. The number of ketones is 1. The first-order valence-electron chi connectivity index (χ1n) is 11.1. The van der Waals surface area contributed by atoms with Gasteiger partial charge in [0.25, 0.3) is 0 Å².